The predicted molar refractivity (Wildman–Crippen MR) is 68.7 cm³/mol. The lowest BCUT2D eigenvalue weighted by atomic mass is 9.99. The number of nitrogen functional groups attached to an aromatic ring is 1. The Morgan fingerprint density at radius 1 is 1.24 bits per heavy atom. The fraction of sp³-hybridized carbons (Fsp3) is 0.214. The molecule has 2 rings (SSSR count). The number of aliphatic hydroxyl groups is 1. The third-order valence-electron chi connectivity index (χ3n) is 3.04. The Kier molecular flexibility index (Phi) is 4.13. The fourth-order valence-corrected chi connectivity index (χ4v) is 1.90. The van der Waals surface area contributed by atoms with Gasteiger partial charge >= 0.3 is 6.18 Å². The van der Waals surface area contributed by atoms with Gasteiger partial charge in [-0.25, -0.2) is 4.39 Å². The Morgan fingerprint density at radius 2 is 1.95 bits per heavy atom. The Labute approximate surface area is 118 Å². The number of nitrogens with zero attached hydrogens (tertiary/aromatic N) is 1. The van der Waals surface area contributed by atoms with E-state index in [1.54, 1.807) is 0 Å². The first-order valence-electron chi connectivity index (χ1n) is 6.02. The van der Waals surface area contributed by atoms with Gasteiger partial charge in [-0.15, -0.1) is 0 Å². The van der Waals surface area contributed by atoms with E-state index < -0.39 is 29.2 Å². The number of aliphatic hydroxyl groups excluding tert-OH is 1. The van der Waals surface area contributed by atoms with Crippen LogP contribution in [0, 0.1) is 5.82 Å². The Bertz CT molecular complexity index is 643. The Hall–Kier alpha value is -2.15. The molecule has 1 atom stereocenters. The number of anilines is 1. The van der Waals surface area contributed by atoms with Crippen LogP contribution in [0.2, 0.25) is 0 Å². The molecule has 0 saturated carbocycles. The van der Waals surface area contributed by atoms with Crippen LogP contribution < -0.4 is 5.73 Å². The number of rotatable bonds is 3. The average molecular weight is 300 g/mol. The zero-order valence-electron chi connectivity index (χ0n) is 10.7. The molecule has 3 N–H and O–H groups in total. The van der Waals surface area contributed by atoms with Gasteiger partial charge < -0.3 is 10.8 Å². The maximum atomic E-state index is 13.6. The second kappa shape index (κ2) is 5.69. The Morgan fingerprint density at radius 3 is 2.57 bits per heavy atom. The third-order valence-corrected chi connectivity index (χ3v) is 3.04. The van der Waals surface area contributed by atoms with Crippen molar-refractivity contribution < 1.29 is 22.7 Å². The number of hydrogen-bond donors (Lipinski definition) is 2. The summed E-state index contributed by atoms with van der Waals surface area (Å²) in [6.45, 7) is 0. The van der Waals surface area contributed by atoms with Gasteiger partial charge in [-0.05, 0) is 29.8 Å². The highest BCUT2D eigenvalue weighted by atomic mass is 19.4. The predicted octanol–water partition coefficient (Wildman–Crippen LogP) is 3.10. The number of benzene rings is 1. The highest BCUT2D eigenvalue weighted by molar-refractivity contribution is 5.45. The van der Waals surface area contributed by atoms with Crippen LogP contribution in [0.4, 0.5) is 23.2 Å². The molecule has 21 heavy (non-hydrogen) atoms. The largest absolute Gasteiger partial charge is 0.416 e. The highest BCUT2D eigenvalue weighted by Gasteiger charge is 2.31. The van der Waals surface area contributed by atoms with Crippen molar-refractivity contribution in [2.24, 2.45) is 0 Å². The van der Waals surface area contributed by atoms with Crippen LogP contribution in [0.3, 0.4) is 0 Å². The molecule has 0 amide bonds. The summed E-state index contributed by atoms with van der Waals surface area (Å²) in [4.78, 5) is 3.81. The number of nitrogens with two attached hydrogens (primary N) is 1. The van der Waals surface area contributed by atoms with Crippen molar-refractivity contribution in [3.05, 3.63) is 59.2 Å². The zero-order chi connectivity index (χ0) is 15.6. The molecule has 0 saturated heterocycles. The molecular formula is C14H12F4N2O. The van der Waals surface area contributed by atoms with E-state index in [2.05, 4.69) is 4.98 Å². The SMILES string of the molecule is Nc1ccncc1CC(O)c1cc(C(F)(F)F)ccc1F. The van der Waals surface area contributed by atoms with Crippen molar-refractivity contribution in [3.8, 4) is 0 Å². The number of hydrogen-bond acceptors (Lipinski definition) is 3. The monoisotopic (exact) mass is 300 g/mol. The maximum Gasteiger partial charge on any atom is 0.416 e. The van der Waals surface area contributed by atoms with Gasteiger partial charge in [0.05, 0.1) is 11.7 Å². The van der Waals surface area contributed by atoms with Gasteiger partial charge in [-0.2, -0.15) is 13.2 Å². The van der Waals surface area contributed by atoms with Gasteiger partial charge in [0.1, 0.15) is 5.82 Å². The van der Waals surface area contributed by atoms with Crippen LogP contribution in [-0.2, 0) is 12.6 Å². The van der Waals surface area contributed by atoms with Crippen molar-refractivity contribution in [2.75, 3.05) is 5.73 Å². The summed E-state index contributed by atoms with van der Waals surface area (Å²) in [6, 6.07) is 3.41. The van der Waals surface area contributed by atoms with Crippen LogP contribution in [0.25, 0.3) is 0 Å². The smallest absolute Gasteiger partial charge is 0.398 e. The molecule has 0 radical (unpaired) electrons. The number of pyridine rings is 1. The van der Waals surface area contributed by atoms with E-state index in [9.17, 15) is 22.7 Å². The summed E-state index contributed by atoms with van der Waals surface area (Å²) >= 11 is 0. The summed E-state index contributed by atoms with van der Waals surface area (Å²) in [7, 11) is 0. The molecule has 1 aromatic carbocycles. The highest BCUT2D eigenvalue weighted by Crippen LogP contribution is 2.32. The minimum Gasteiger partial charge on any atom is -0.398 e. The summed E-state index contributed by atoms with van der Waals surface area (Å²) in [5, 5.41) is 9.98. The first-order valence-corrected chi connectivity index (χ1v) is 6.02. The minimum atomic E-state index is -4.60. The van der Waals surface area contributed by atoms with Gasteiger partial charge in [-0.3, -0.25) is 4.98 Å². The van der Waals surface area contributed by atoms with Crippen LogP contribution in [0.1, 0.15) is 22.8 Å². The second-order valence-electron chi connectivity index (χ2n) is 4.53. The topological polar surface area (TPSA) is 59.1 Å². The molecule has 112 valence electrons. The molecule has 0 aliphatic rings. The fourth-order valence-electron chi connectivity index (χ4n) is 1.90. The van der Waals surface area contributed by atoms with Crippen molar-refractivity contribution >= 4 is 5.69 Å². The molecule has 7 heteroatoms. The number of halogens is 4. The van der Waals surface area contributed by atoms with Crippen LogP contribution in [-0.4, -0.2) is 10.1 Å². The molecule has 1 aromatic heterocycles. The number of aromatic nitrogens is 1. The summed E-state index contributed by atoms with van der Waals surface area (Å²) in [5.41, 5.74) is 4.98. The standard InChI is InChI=1S/C14H12F4N2O/c15-11-2-1-9(14(16,17)18)6-10(11)13(21)5-8-7-20-4-3-12(8)19/h1-4,6-7,13,21H,5H2,(H2,19,20). The van der Waals surface area contributed by atoms with Crippen molar-refractivity contribution in [1.29, 1.82) is 0 Å². The van der Waals surface area contributed by atoms with Crippen LogP contribution in [0.15, 0.2) is 36.7 Å². The maximum absolute atomic E-state index is 13.6. The molecule has 1 unspecified atom stereocenters. The first-order chi connectivity index (χ1) is 9.79. The van der Waals surface area contributed by atoms with Gasteiger partial charge in [0, 0.05) is 30.1 Å². The number of alkyl halides is 3. The second-order valence-corrected chi connectivity index (χ2v) is 4.53. The van der Waals surface area contributed by atoms with Crippen molar-refractivity contribution in [3.63, 3.8) is 0 Å². The molecule has 0 fully saturated rings. The molecule has 2 aromatic rings. The quantitative estimate of drug-likeness (QED) is 0.856. The normalized spacial score (nSPS) is 13.2. The third kappa shape index (κ3) is 3.49. The van der Waals surface area contributed by atoms with Crippen molar-refractivity contribution in [1.82, 2.24) is 4.98 Å². The zero-order valence-corrected chi connectivity index (χ0v) is 10.7. The summed E-state index contributed by atoms with van der Waals surface area (Å²) in [6.07, 6.45) is -3.35. The molecular weight excluding hydrogens is 288 g/mol. The first kappa shape index (κ1) is 15.2. The van der Waals surface area contributed by atoms with Crippen LogP contribution in [0.5, 0.6) is 0 Å². The van der Waals surface area contributed by atoms with Gasteiger partial charge in [-0.1, -0.05) is 0 Å². The molecule has 0 spiro atoms. The van der Waals surface area contributed by atoms with E-state index in [-0.39, 0.29) is 6.42 Å². The average Bonchev–Trinajstić information content (AvgIpc) is 2.40. The summed E-state index contributed by atoms with van der Waals surface area (Å²) in [5.74, 6) is -0.905. The van der Waals surface area contributed by atoms with Crippen molar-refractivity contribution in [2.45, 2.75) is 18.7 Å². The van der Waals surface area contributed by atoms with Crippen LogP contribution >= 0.6 is 0 Å². The molecule has 0 aliphatic carbocycles. The lowest BCUT2D eigenvalue weighted by Crippen LogP contribution is -2.10. The molecule has 3 nitrogen and oxygen atoms in total. The summed E-state index contributed by atoms with van der Waals surface area (Å²) < 4.78 is 51.5. The van der Waals surface area contributed by atoms with E-state index in [1.807, 2.05) is 0 Å². The van der Waals surface area contributed by atoms with Gasteiger partial charge in [0.2, 0.25) is 0 Å². The van der Waals surface area contributed by atoms with E-state index in [0.717, 1.165) is 0 Å². The lowest BCUT2D eigenvalue weighted by molar-refractivity contribution is -0.137. The van der Waals surface area contributed by atoms with E-state index in [0.29, 0.717) is 29.4 Å². The van der Waals surface area contributed by atoms with E-state index in [1.165, 1.54) is 18.5 Å². The lowest BCUT2D eigenvalue weighted by Gasteiger charge is -2.15. The van der Waals surface area contributed by atoms with Gasteiger partial charge in [0.15, 0.2) is 0 Å². The molecule has 0 bridgehead atoms. The van der Waals surface area contributed by atoms with E-state index in [4.69, 9.17) is 5.73 Å². The minimum absolute atomic E-state index is 0.127. The molecule has 0 aliphatic heterocycles. The Balaban J connectivity index is 2.31. The van der Waals surface area contributed by atoms with E-state index >= 15 is 0 Å². The van der Waals surface area contributed by atoms with Gasteiger partial charge in [0.25, 0.3) is 0 Å². The molecule has 1 heterocycles.